The molecular weight excluding hydrogens is 428 g/mol. The Balaban J connectivity index is 2.29. The molecule has 1 nitrogen and oxygen atoms in total. The van der Waals surface area contributed by atoms with E-state index in [1.54, 1.807) is 6.92 Å². The first-order valence-corrected chi connectivity index (χ1v) is 9.55. The van der Waals surface area contributed by atoms with Crippen molar-refractivity contribution < 1.29 is 4.39 Å². The molecule has 3 rings (SSSR count). The summed E-state index contributed by atoms with van der Waals surface area (Å²) in [5.74, 6) is -0.202. The summed E-state index contributed by atoms with van der Waals surface area (Å²) in [6.45, 7) is 1.78. The van der Waals surface area contributed by atoms with Crippen LogP contribution in [0.2, 0.25) is 3.98 Å². The van der Waals surface area contributed by atoms with Gasteiger partial charge in [-0.2, -0.15) is 0 Å². The molecule has 0 aliphatic carbocycles. The van der Waals surface area contributed by atoms with Crippen molar-refractivity contribution in [2.45, 2.75) is 23.4 Å². The minimum absolute atomic E-state index is 0.202. The molecule has 1 atom stereocenters. The van der Waals surface area contributed by atoms with E-state index in [0.717, 1.165) is 48.5 Å². The van der Waals surface area contributed by atoms with Crippen LogP contribution in [-0.4, -0.2) is 39.8 Å². The number of fused-ring (bicyclic) bond motifs is 2. The van der Waals surface area contributed by atoms with Crippen molar-refractivity contribution in [3.8, 4) is 0 Å². The zero-order valence-electron chi connectivity index (χ0n) is 10.8. The molecule has 4 heteroatoms. The zero-order chi connectivity index (χ0) is 13.6. The van der Waals surface area contributed by atoms with Gasteiger partial charge in [0.2, 0.25) is 0 Å². The van der Waals surface area contributed by atoms with Crippen molar-refractivity contribution in [3.63, 3.8) is 0 Å². The monoisotopic (exact) mass is 441 g/mol. The van der Waals surface area contributed by atoms with Crippen molar-refractivity contribution >= 4 is 56.1 Å². The summed E-state index contributed by atoms with van der Waals surface area (Å²) in [5.41, 5.74) is 3.49. The maximum atomic E-state index is 13.7. The number of hydrogen-bond acceptors (Lipinski definition) is 1. The van der Waals surface area contributed by atoms with Crippen LogP contribution in [0.1, 0.15) is 29.2 Å². The van der Waals surface area contributed by atoms with Gasteiger partial charge in [0.05, 0.1) is 0 Å². The third-order valence-electron chi connectivity index (χ3n) is 3.80. The van der Waals surface area contributed by atoms with Gasteiger partial charge in [0, 0.05) is 0 Å². The summed E-state index contributed by atoms with van der Waals surface area (Å²) in [6.07, 6.45) is 2.96. The van der Waals surface area contributed by atoms with Crippen LogP contribution in [0.15, 0.2) is 23.2 Å². The van der Waals surface area contributed by atoms with Crippen LogP contribution in [0.5, 0.6) is 0 Å². The average molecular weight is 440 g/mol. The first-order valence-electron chi connectivity index (χ1n) is 6.38. The van der Waals surface area contributed by atoms with E-state index in [1.807, 2.05) is 12.3 Å². The fourth-order valence-corrected chi connectivity index (χ4v) is 4.00. The molecule has 0 aromatic heterocycles. The number of aryl methyl sites for hydroxylation is 1. The Morgan fingerprint density at radius 2 is 2.21 bits per heavy atom. The second-order valence-electron chi connectivity index (χ2n) is 4.93. The third-order valence-corrected chi connectivity index (χ3v) is 5.09. The van der Waals surface area contributed by atoms with Gasteiger partial charge in [-0.05, 0) is 0 Å². The van der Waals surface area contributed by atoms with Gasteiger partial charge in [0.1, 0.15) is 0 Å². The summed E-state index contributed by atoms with van der Waals surface area (Å²) in [6, 6.07) is 5.71. The first-order chi connectivity index (χ1) is 9.13. The van der Waals surface area contributed by atoms with Crippen LogP contribution in [0, 0.1) is 12.7 Å². The average Bonchev–Trinajstić information content (AvgIpc) is 2.78. The van der Waals surface area contributed by atoms with Crippen LogP contribution in [-0.2, 0) is 0 Å². The predicted octanol–water partition coefficient (Wildman–Crippen LogP) is 2.53. The quantitative estimate of drug-likeness (QED) is 0.637. The van der Waals surface area contributed by atoms with Gasteiger partial charge in [-0.3, -0.25) is 0 Å². The normalized spacial score (nSPS) is 17.0. The van der Waals surface area contributed by atoms with E-state index in [9.17, 15) is 4.39 Å². The molecular formula is C15H12BFNTl. The summed E-state index contributed by atoms with van der Waals surface area (Å²) >= 11 is 0.999. The molecule has 0 amide bonds. The Labute approximate surface area is 129 Å². The van der Waals surface area contributed by atoms with Crippen LogP contribution >= 0.6 is 0 Å². The van der Waals surface area contributed by atoms with Gasteiger partial charge in [0.15, 0.2) is 0 Å². The molecule has 1 heterocycles. The van der Waals surface area contributed by atoms with E-state index in [0.29, 0.717) is 11.0 Å². The molecule has 1 aliphatic heterocycles. The number of benzene rings is 2. The Hall–Kier alpha value is -0.713. The Morgan fingerprint density at radius 3 is 2.95 bits per heavy atom. The SMILES string of the molecule is [B]c1c2c(cc3ccc(F)c(C)c13)C(C[CH2][Tl])N=C2. The van der Waals surface area contributed by atoms with Crippen molar-refractivity contribution in [2.24, 2.45) is 4.99 Å². The van der Waals surface area contributed by atoms with Crippen molar-refractivity contribution in [2.75, 3.05) is 0 Å². The van der Waals surface area contributed by atoms with Gasteiger partial charge < -0.3 is 0 Å². The molecule has 19 heavy (non-hydrogen) atoms. The number of aliphatic imine (C=N–C) groups is 1. The van der Waals surface area contributed by atoms with Crippen molar-refractivity contribution in [3.05, 3.63) is 40.7 Å². The zero-order valence-corrected chi connectivity index (χ0v) is 15.3. The molecule has 0 spiro atoms. The maximum absolute atomic E-state index is 13.7. The molecule has 90 valence electrons. The molecule has 0 saturated heterocycles. The Morgan fingerprint density at radius 1 is 1.42 bits per heavy atom. The Bertz CT molecular complexity index is 696. The summed E-state index contributed by atoms with van der Waals surface area (Å²) in [4.78, 5) is 4.56. The van der Waals surface area contributed by atoms with E-state index >= 15 is 0 Å². The molecule has 1 aliphatic rings. The van der Waals surface area contributed by atoms with Gasteiger partial charge in [-0.25, -0.2) is 0 Å². The fraction of sp³-hybridized carbons (Fsp3) is 0.267. The number of hydrogen-bond donors (Lipinski definition) is 0. The molecule has 0 bridgehead atoms. The second kappa shape index (κ2) is 5.00. The van der Waals surface area contributed by atoms with E-state index < -0.39 is 0 Å². The van der Waals surface area contributed by atoms with Gasteiger partial charge >= 0.3 is 130 Å². The summed E-state index contributed by atoms with van der Waals surface area (Å²) < 4.78 is 14.9. The van der Waals surface area contributed by atoms with E-state index in [-0.39, 0.29) is 11.9 Å². The van der Waals surface area contributed by atoms with Gasteiger partial charge in [-0.15, -0.1) is 0 Å². The van der Waals surface area contributed by atoms with Gasteiger partial charge in [-0.1, -0.05) is 0 Å². The molecule has 0 N–H and O–H groups in total. The number of rotatable bonds is 2. The second-order valence-corrected chi connectivity index (χ2v) is 7.18. The van der Waals surface area contributed by atoms with Crippen LogP contribution in [0.25, 0.3) is 10.8 Å². The Kier molecular flexibility index (Phi) is 3.49. The van der Waals surface area contributed by atoms with E-state index in [4.69, 9.17) is 7.85 Å². The molecule has 1 unspecified atom stereocenters. The van der Waals surface area contributed by atoms with Crippen molar-refractivity contribution in [1.82, 2.24) is 0 Å². The predicted molar refractivity (Wildman–Crippen MR) is 79.5 cm³/mol. The topological polar surface area (TPSA) is 12.4 Å². The third kappa shape index (κ3) is 2.06. The summed E-state index contributed by atoms with van der Waals surface area (Å²) in [7, 11) is 6.25. The standard InChI is InChI=1S/C15H12BFN.Tl/c1-3-13-10-6-9-4-5-12(17)8(2)14(9)15(16)11(10)7-18-13;/h4-7,13H,1,3H2,2H3;. The van der Waals surface area contributed by atoms with Crippen LogP contribution < -0.4 is 5.46 Å². The first kappa shape index (κ1) is 13.3. The molecule has 2 radical (unpaired) electrons. The van der Waals surface area contributed by atoms with E-state index in [2.05, 4.69) is 11.1 Å². The minimum atomic E-state index is -0.202. The van der Waals surface area contributed by atoms with Crippen molar-refractivity contribution in [1.29, 1.82) is 0 Å². The van der Waals surface area contributed by atoms with Crippen LogP contribution in [0.3, 0.4) is 0 Å². The van der Waals surface area contributed by atoms with Gasteiger partial charge in [0.25, 0.3) is 0 Å². The summed E-state index contributed by atoms with van der Waals surface area (Å²) in [5, 5.41) is 1.85. The molecule has 2 aromatic carbocycles. The fourth-order valence-electron chi connectivity index (χ4n) is 2.77. The molecule has 0 fully saturated rings. The number of nitrogens with zero attached hydrogens (tertiary/aromatic N) is 1. The van der Waals surface area contributed by atoms with E-state index in [1.165, 1.54) is 15.6 Å². The number of halogens is 1. The molecule has 2 aromatic rings. The molecule has 0 saturated carbocycles. The van der Waals surface area contributed by atoms with Crippen LogP contribution in [0.4, 0.5) is 4.39 Å².